The van der Waals surface area contributed by atoms with Gasteiger partial charge in [0, 0.05) is 19.3 Å². The Labute approximate surface area is 212 Å². The van der Waals surface area contributed by atoms with Gasteiger partial charge in [-0.25, -0.2) is 9.37 Å². The minimum Gasteiger partial charge on any atom is -0.379 e. The van der Waals surface area contributed by atoms with Crippen LogP contribution in [0.25, 0.3) is 11.7 Å². The molecule has 2 aromatic heterocycles. The Morgan fingerprint density at radius 2 is 1.97 bits per heavy atom. The van der Waals surface area contributed by atoms with E-state index in [4.69, 9.17) is 17.0 Å². The maximum atomic E-state index is 13.3. The molecule has 7 nitrogen and oxygen atoms in total. The Balaban J connectivity index is 1.62. The van der Waals surface area contributed by atoms with Crippen molar-refractivity contribution in [3.8, 4) is 0 Å². The highest BCUT2D eigenvalue weighted by Gasteiger charge is 2.32. The fourth-order valence-corrected chi connectivity index (χ4v) is 4.74. The first-order valence-electron chi connectivity index (χ1n) is 11.2. The number of pyridine rings is 1. The van der Waals surface area contributed by atoms with Crippen LogP contribution in [0.2, 0.25) is 0 Å². The maximum absolute atomic E-state index is 13.3. The van der Waals surface area contributed by atoms with Crippen LogP contribution in [0.15, 0.2) is 58.4 Å². The van der Waals surface area contributed by atoms with E-state index in [0.717, 1.165) is 23.7 Å². The topological polar surface area (TPSA) is 75.9 Å². The van der Waals surface area contributed by atoms with Crippen LogP contribution in [0.5, 0.6) is 0 Å². The summed E-state index contributed by atoms with van der Waals surface area (Å²) in [4.78, 5) is 32.9. The van der Waals surface area contributed by atoms with Crippen molar-refractivity contribution in [3.05, 3.63) is 80.9 Å². The summed E-state index contributed by atoms with van der Waals surface area (Å²) in [6, 6.07) is 11.2. The molecule has 182 valence electrons. The van der Waals surface area contributed by atoms with Crippen molar-refractivity contribution >= 4 is 51.7 Å². The molecule has 1 aliphatic heterocycles. The number of thiocarbonyl (C=S) groups is 1. The number of amides is 1. The molecular weight excluding hydrogens is 487 g/mol. The third kappa shape index (κ3) is 5.95. The number of halogens is 1. The van der Waals surface area contributed by atoms with Crippen molar-refractivity contribution in [2.45, 2.75) is 32.9 Å². The van der Waals surface area contributed by atoms with Crippen LogP contribution in [0, 0.1) is 5.82 Å². The van der Waals surface area contributed by atoms with E-state index in [9.17, 15) is 14.0 Å². The largest absolute Gasteiger partial charge is 0.379 e. The van der Waals surface area contributed by atoms with Gasteiger partial charge in [0.25, 0.3) is 11.5 Å². The van der Waals surface area contributed by atoms with Crippen LogP contribution in [0.1, 0.15) is 31.4 Å². The average Bonchev–Trinajstić information content (AvgIpc) is 3.09. The minimum absolute atomic E-state index is 0.144. The second-order valence-electron chi connectivity index (χ2n) is 8.20. The molecule has 1 N–H and O–H groups in total. The van der Waals surface area contributed by atoms with Gasteiger partial charge in [0.05, 0.1) is 23.1 Å². The Morgan fingerprint density at radius 3 is 2.71 bits per heavy atom. The average molecular weight is 513 g/mol. The molecule has 1 aliphatic rings. The first-order valence-corrected chi connectivity index (χ1v) is 12.4. The quantitative estimate of drug-likeness (QED) is 0.258. The van der Waals surface area contributed by atoms with Gasteiger partial charge in [0.1, 0.15) is 21.6 Å². The lowest BCUT2D eigenvalue weighted by molar-refractivity contribution is -0.122. The number of thioether (sulfide) groups is 1. The van der Waals surface area contributed by atoms with E-state index in [1.807, 2.05) is 19.9 Å². The number of aromatic nitrogens is 2. The van der Waals surface area contributed by atoms with E-state index >= 15 is 0 Å². The molecule has 0 saturated carbocycles. The number of fused-ring (bicyclic) bond motifs is 1. The first-order chi connectivity index (χ1) is 16.8. The van der Waals surface area contributed by atoms with Crippen LogP contribution in [-0.4, -0.2) is 43.8 Å². The van der Waals surface area contributed by atoms with E-state index in [1.54, 1.807) is 36.5 Å². The number of carbonyl (C=O) groups is 1. The van der Waals surface area contributed by atoms with Gasteiger partial charge in [-0.2, -0.15) is 0 Å². The number of hydrogen-bond acceptors (Lipinski definition) is 7. The summed E-state index contributed by atoms with van der Waals surface area (Å²) in [6.45, 7) is 5.30. The molecule has 35 heavy (non-hydrogen) atoms. The number of ether oxygens (including phenoxy) is 1. The molecule has 0 spiro atoms. The molecule has 10 heteroatoms. The van der Waals surface area contributed by atoms with Gasteiger partial charge in [-0.3, -0.25) is 18.9 Å². The van der Waals surface area contributed by atoms with Crippen molar-refractivity contribution in [1.29, 1.82) is 0 Å². The number of anilines is 1. The van der Waals surface area contributed by atoms with E-state index in [1.165, 1.54) is 21.4 Å². The van der Waals surface area contributed by atoms with E-state index in [-0.39, 0.29) is 35.5 Å². The molecule has 0 bridgehead atoms. The zero-order valence-corrected chi connectivity index (χ0v) is 21.0. The summed E-state index contributed by atoms with van der Waals surface area (Å²) in [5.41, 5.74) is 1.24. The number of hydrogen-bond donors (Lipinski definition) is 1. The van der Waals surface area contributed by atoms with Crippen LogP contribution in [0.4, 0.5) is 10.2 Å². The zero-order chi connectivity index (χ0) is 24.9. The highest BCUT2D eigenvalue weighted by atomic mass is 32.2. The van der Waals surface area contributed by atoms with Gasteiger partial charge in [0.15, 0.2) is 0 Å². The van der Waals surface area contributed by atoms with Gasteiger partial charge < -0.3 is 10.1 Å². The van der Waals surface area contributed by atoms with Gasteiger partial charge in [-0.1, -0.05) is 42.2 Å². The van der Waals surface area contributed by atoms with Crippen molar-refractivity contribution < 1.29 is 13.9 Å². The molecule has 0 unspecified atom stereocenters. The van der Waals surface area contributed by atoms with Crippen molar-refractivity contribution in [1.82, 2.24) is 14.3 Å². The lowest BCUT2D eigenvalue weighted by Gasteiger charge is -2.14. The van der Waals surface area contributed by atoms with Gasteiger partial charge in [-0.15, -0.1) is 0 Å². The Bertz CT molecular complexity index is 1340. The second-order valence-corrected chi connectivity index (χ2v) is 9.88. The lowest BCUT2D eigenvalue weighted by atomic mass is 10.2. The first kappa shape index (κ1) is 25.0. The SMILES string of the molecule is CC(C)OCCCNc1nc2ccccn2c(=O)c1/C=C1\SC(=S)N(Cc2ccc(F)cc2)C1=O. The number of nitrogens with zero attached hydrogens (tertiary/aromatic N) is 3. The molecule has 1 fully saturated rings. The molecule has 0 radical (unpaired) electrons. The normalized spacial score (nSPS) is 15.1. The van der Waals surface area contributed by atoms with Crippen molar-refractivity contribution in [2.75, 3.05) is 18.5 Å². The Morgan fingerprint density at radius 1 is 1.20 bits per heavy atom. The third-order valence-electron chi connectivity index (χ3n) is 5.24. The molecule has 3 heterocycles. The lowest BCUT2D eigenvalue weighted by Crippen LogP contribution is -2.27. The predicted octanol–water partition coefficient (Wildman–Crippen LogP) is 4.46. The molecule has 4 rings (SSSR count). The van der Waals surface area contributed by atoms with Gasteiger partial charge >= 0.3 is 0 Å². The monoisotopic (exact) mass is 512 g/mol. The summed E-state index contributed by atoms with van der Waals surface area (Å²) >= 11 is 6.55. The van der Waals surface area contributed by atoms with E-state index < -0.39 is 0 Å². The summed E-state index contributed by atoms with van der Waals surface area (Å²) in [7, 11) is 0. The van der Waals surface area contributed by atoms with Crippen LogP contribution < -0.4 is 10.9 Å². The Kier molecular flexibility index (Phi) is 7.94. The highest BCUT2D eigenvalue weighted by molar-refractivity contribution is 8.26. The predicted molar refractivity (Wildman–Crippen MR) is 141 cm³/mol. The van der Waals surface area contributed by atoms with Crippen LogP contribution in [0.3, 0.4) is 0 Å². The fourth-order valence-electron chi connectivity index (χ4n) is 3.51. The van der Waals surface area contributed by atoms with Gasteiger partial charge in [0.2, 0.25) is 0 Å². The highest BCUT2D eigenvalue weighted by Crippen LogP contribution is 2.34. The van der Waals surface area contributed by atoms with Gasteiger partial charge in [-0.05, 0) is 56.2 Å². The smallest absolute Gasteiger partial charge is 0.267 e. The standard InChI is InChI=1S/C25H25FN4O3S2/c1-16(2)33-13-5-11-27-22-19(23(31)29-12-4-3-6-21(29)28-22)14-20-24(32)30(25(34)35-20)15-17-7-9-18(26)10-8-17/h3-4,6-10,12,14,16,27H,5,11,13,15H2,1-2H3/b20-14-. The maximum Gasteiger partial charge on any atom is 0.267 e. The third-order valence-corrected chi connectivity index (χ3v) is 6.61. The molecule has 1 amide bonds. The number of benzene rings is 1. The number of nitrogens with one attached hydrogen (secondary N) is 1. The summed E-state index contributed by atoms with van der Waals surface area (Å²) < 4.78 is 20.6. The fraction of sp³-hybridized carbons (Fsp3) is 0.280. The molecule has 1 aromatic carbocycles. The summed E-state index contributed by atoms with van der Waals surface area (Å²) in [5, 5.41) is 3.22. The molecule has 3 aromatic rings. The Hall–Kier alpha value is -3.08. The van der Waals surface area contributed by atoms with E-state index in [0.29, 0.717) is 33.8 Å². The number of rotatable bonds is 9. The minimum atomic E-state index is -0.348. The van der Waals surface area contributed by atoms with Crippen LogP contribution >= 0.6 is 24.0 Å². The summed E-state index contributed by atoms with van der Waals surface area (Å²) in [6.07, 6.45) is 4.06. The van der Waals surface area contributed by atoms with E-state index in [2.05, 4.69) is 10.3 Å². The molecular formula is C25H25FN4O3S2. The second kappa shape index (κ2) is 11.1. The van der Waals surface area contributed by atoms with Crippen LogP contribution in [-0.2, 0) is 16.1 Å². The van der Waals surface area contributed by atoms with Crippen molar-refractivity contribution in [3.63, 3.8) is 0 Å². The summed E-state index contributed by atoms with van der Waals surface area (Å²) in [5.74, 6) is -0.258. The molecule has 1 saturated heterocycles. The molecule has 0 aliphatic carbocycles. The van der Waals surface area contributed by atoms with Crippen molar-refractivity contribution in [2.24, 2.45) is 0 Å². The molecule has 0 atom stereocenters. The zero-order valence-electron chi connectivity index (χ0n) is 19.4. The number of carbonyl (C=O) groups excluding carboxylic acids is 1.